The van der Waals surface area contributed by atoms with Gasteiger partial charge in [-0.05, 0) is 31.2 Å². The van der Waals surface area contributed by atoms with E-state index in [1.165, 1.54) is 14.2 Å². The van der Waals surface area contributed by atoms with E-state index in [1.54, 1.807) is 37.3 Å². The number of aryl methyl sites for hydroxylation is 1. The first-order chi connectivity index (χ1) is 12.0. The summed E-state index contributed by atoms with van der Waals surface area (Å²) in [6.07, 6.45) is 0. The van der Waals surface area contributed by atoms with Crippen LogP contribution in [0.2, 0.25) is 0 Å². The highest BCUT2D eigenvalue weighted by Gasteiger charge is 2.09. The first kappa shape index (κ1) is 18.2. The Morgan fingerprint density at radius 2 is 1.52 bits per heavy atom. The molecule has 0 bridgehead atoms. The number of esters is 2. The molecule has 8 nitrogen and oxygen atoms in total. The number of hydrogen-bond acceptors (Lipinski definition) is 8. The molecule has 0 atom stereocenters. The number of rotatable bonds is 7. The highest BCUT2D eigenvalue weighted by Crippen LogP contribution is 2.22. The zero-order valence-corrected chi connectivity index (χ0v) is 14.1. The van der Waals surface area contributed by atoms with E-state index in [4.69, 9.17) is 9.47 Å². The number of hydrogen-bond donors (Lipinski definition) is 0. The quantitative estimate of drug-likeness (QED) is 0.697. The lowest BCUT2D eigenvalue weighted by atomic mass is 10.2. The number of carbonyl (C=O) groups is 2. The van der Waals surface area contributed by atoms with Crippen LogP contribution in [-0.2, 0) is 19.1 Å². The molecule has 2 rings (SSSR count). The summed E-state index contributed by atoms with van der Waals surface area (Å²) < 4.78 is 19.6. The minimum Gasteiger partial charge on any atom is -0.482 e. The lowest BCUT2D eigenvalue weighted by Crippen LogP contribution is -2.13. The van der Waals surface area contributed by atoms with Crippen molar-refractivity contribution >= 4 is 11.9 Å². The predicted octanol–water partition coefficient (Wildman–Crippen LogP) is 1.56. The summed E-state index contributed by atoms with van der Waals surface area (Å²) >= 11 is 0. The lowest BCUT2D eigenvalue weighted by Gasteiger charge is -2.08. The van der Waals surface area contributed by atoms with Gasteiger partial charge in [0.05, 0.1) is 14.2 Å². The van der Waals surface area contributed by atoms with Gasteiger partial charge in [-0.1, -0.05) is 0 Å². The van der Waals surface area contributed by atoms with Gasteiger partial charge < -0.3 is 18.9 Å². The summed E-state index contributed by atoms with van der Waals surface area (Å²) in [7, 11) is 2.58. The maximum Gasteiger partial charge on any atom is 0.343 e. The molecule has 0 N–H and O–H groups in total. The smallest absolute Gasteiger partial charge is 0.343 e. The third-order valence-corrected chi connectivity index (χ3v) is 3.09. The summed E-state index contributed by atoms with van der Waals surface area (Å²) in [6, 6.07) is 8.52. The number of methoxy groups -OCH3 is 2. The molecule has 132 valence electrons. The molecule has 25 heavy (non-hydrogen) atoms. The van der Waals surface area contributed by atoms with Crippen LogP contribution in [0, 0.1) is 6.92 Å². The van der Waals surface area contributed by atoms with Gasteiger partial charge >= 0.3 is 11.9 Å². The highest BCUT2D eigenvalue weighted by atomic mass is 16.6. The van der Waals surface area contributed by atoms with E-state index in [2.05, 4.69) is 19.4 Å². The average Bonchev–Trinajstić information content (AvgIpc) is 2.64. The van der Waals surface area contributed by atoms with Crippen molar-refractivity contribution in [3.05, 3.63) is 36.0 Å². The van der Waals surface area contributed by atoms with Gasteiger partial charge in [-0.3, -0.25) is 0 Å². The van der Waals surface area contributed by atoms with Crippen molar-refractivity contribution < 1.29 is 28.5 Å². The van der Waals surface area contributed by atoms with E-state index >= 15 is 0 Å². The Morgan fingerprint density at radius 1 is 0.920 bits per heavy atom. The van der Waals surface area contributed by atoms with Crippen LogP contribution in [0.25, 0.3) is 11.4 Å². The van der Waals surface area contributed by atoms with E-state index < -0.39 is 11.9 Å². The van der Waals surface area contributed by atoms with E-state index in [9.17, 15) is 9.59 Å². The summed E-state index contributed by atoms with van der Waals surface area (Å²) in [6.45, 7) is 1.40. The van der Waals surface area contributed by atoms with Crippen LogP contribution in [0.3, 0.4) is 0 Å². The van der Waals surface area contributed by atoms with Crippen molar-refractivity contribution in [1.29, 1.82) is 0 Å². The molecule has 8 heteroatoms. The average molecular weight is 346 g/mol. The third-order valence-electron chi connectivity index (χ3n) is 3.09. The van der Waals surface area contributed by atoms with Crippen molar-refractivity contribution in [1.82, 2.24) is 9.97 Å². The molecule has 0 saturated heterocycles. The standard InChI is InChI=1S/C17H18N2O6/c1-11-8-14(25-10-16(21)23-3)19-17(18-11)12-4-6-13(7-5-12)24-9-15(20)22-2/h4-8H,9-10H2,1-3H3. The minimum absolute atomic E-state index is 0.164. The first-order valence-electron chi connectivity index (χ1n) is 7.37. The van der Waals surface area contributed by atoms with Gasteiger partial charge in [0.15, 0.2) is 19.0 Å². The fourth-order valence-electron chi connectivity index (χ4n) is 1.84. The molecule has 0 radical (unpaired) electrons. The number of aromatic nitrogens is 2. The normalized spacial score (nSPS) is 10.0. The van der Waals surface area contributed by atoms with Crippen molar-refractivity contribution in [2.24, 2.45) is 0 Å². The highest BCUT2D eigenvalue weighted by molar-refractivity contribution is 5.71. The Kier molecular flexibility index (Phi) is 6.27. The van der Waals surface area contributed by atoms with Gasteiger partial charge in [0.25, 0.3) is 0 Å². The van der Waals surface area contributed by atoms with E-state index in [-0.39, 0.29) is 19.1 Å². The number of benzene rings is 1. The molecule has 1 aromatic heterocycles. The molecule has 0 fully saturated rings. The van der Waals surface area contributed by atoms with Gasteiger partial charge in [-0.25, -0.2) is 14.6 Å². The van der Waals surface area contributed by atoms with Crippen LogP contribution in [0.4, 0.5) is 0 Å². The largest absolute Gasteiger partial charge is 0.482 e. The summed E-state index contributed by atoms with van der Waals surface area (Å²) in [5, 5.41) is 0. The molecule has 0 spiro atoms. The van der Waals surface area contributed by atoms with Crippen molar-refractivity contribution in [3.8, 4) is 23.0 Å². The zero-order chi connectivity index (χ0) is 18.2. The van der Waals surface area contributed by atoms with Crippen LogP contribution < -0.4 is 9.47 Å². The molecular formula is C17H18N2O6. The van der Waals surface area contributed by atoms with Gasteiger partial charge in [-0.15, -0.1) is 0 Å². The van der Waals surface area contributed by atoms with Crippen molar-refractivity contribution in [2.45, 2.75) is 6.92 Å². The Bertz CT molecular complexity index is 745. The van der Waals surface area contributed by atoms with Crippen LogP contribution >= 0.6 is 0 Å². The van der Waals surface area contributed by atoms with E-state index in [0.29, 0.717) is 17.3 Å². The minimum atomic E-state index is -0.495. The topological polar surface area (TPSA) is 96.8 Å². The molecule has 0 aliphatic rings. The molecule has 1 heterocycles. The fourth-order valence-corrected chi connectivity index (χ4v) is 1.84. The molecule has 0 amide bonds. The van der Waals surface area contributed by atoms with Gasteiger partial charge in [-0.2, -0.15) is 4.98 Å². The monoisotopic (exact) mass is 346 g/mol. The second kappa shape index (κ2) is 8.62. The van der Waals surface area contributed by atoms with Crippen molar-refractivity contribution in [2.75, 3.05) is 27.4 Å². The predicted molar refractivity (Wildman–Crippen MR) is 87.2 cm³/mol. The zero-order valence-electron chi connectivity index (χ0n) is 14.1. The molecule has 1 aromatic carbocycles. The van der Waals surface area contributed by atoms with Crippen LogP contribution in [-0.4, -0.2) is 49.3 Å². The Morgan fingerprint density at radius 3 is 2.12 bits per heavy atom. The Balaban J connectivity index is 2.11. The number of carbonyl (C=O) groups excluding carboxylic acids is 2. The summed E-state index contributed by atoms with van der Waals surface area (Å²) in [5.41, 5.74) is 1.42. The molecule has 2 aromatic rings. The maximum absolute atomic E-state index is 11.2. The molecule has 0 aliphatic heterocycles. The number of nitrogens with zero attached hydrogens (tertiary/aromatic N) is 2. The Labute approximate surface area is 144 Å². The fraction of sp³-hybridized carbons (Fsp3) is 0.294. The maximum atomic E-state index is 11.2. The molecule has 0 unspecified atom stereocenters. The summed E-state index contributed by atoms with van der Waals surface area (Å²) in [4.78, 5) is 30.8. The van der Waals surface area contributed by atoms with Crippen LogP contribution in [0.1, 0.15) is 5.69 Å². The van der Waals surface area contributed by atoms with Gasteiger partial charge in [0.1, 0.15) is 5.75 Å². The SMILES string of the molecule is COC(=O)COc1ccc(-c2nc(C)cc(OCC(=O)OC)n2)cc1. The van der Waals surface area contributed by atoms with E-state index in [1.807, 2.05) is 0 Å². The molecular weight excluding hydrogens is 328 g/mol. The Hall–Kier alpha value is -3.16. The van der Waals surface area contributed by atoms with Crippen molar-refractivity contribution in [3.63, 3.8) is 0 Å². The van der Waals surface area contributed by atoms with Gasteiger partial charge in [0, 0.05) is 17.3 Å². The molecule has 0 saturated carbocycles. The molecule has 0 aliphatic carbocycles. The van der Waals surface area contributed by atoms with Gasteiger partial charge in [0.2, 0.25) is 5.88 Å². The summed E-state index contributed by atoms with van der Waals surface area (Å²) in [5.74, 6) is 0.283. The second-order valence-corrected chi connectivity index (χ2v) is 4.93. The van der Waals surface area contributed by atoms with E-state index in [0.717, 1.165) is 5.56 Å². The lowest BCUT2D eigenvalue weighted by molar-refractivity contribution is -0.143. The number of ether oxygens (including phenoxy) is 4. The second-order valence-electron chi connectivity index (χ2n) is 4.93. The van der Waals surface area contributed by atoms with Crippen LogP contribution in [0.15, 0.2) is 30.3 Å². The third kappa shape index (κ3) is 5.45. The van der Waals surface area contributed by atoms with Crippen LogP contribution in [0.5, 0.6) is 11.6 Å². The first-order valence-corrected chi connectivity index (χ1v) is 7.37.